The number of nitrogens with zero attached hydrogens (tertiary/aromatic N) is 3. The van der Waals surface area contributed by atoms with E-state index in [4.69, 9.17) is 9.47 Å². The van der Waals surface area contributed by atoms with Gasteiger partial charge in [-0.1, -0.05) is 12.1 Å². The molecule has 1 aromatic heterocycles. The molecule has 3 rings (SSSR count). The lowest BCUT2D eigenvalue weighted by Crippen LogP contribution is -2.15. The maximum Gasteiger partial charge on any atom is 0.416 e. The van der Waals surface area contributed by atoms with Gasteiger partial charge in [0.15, 0.2) is 5.82 Å². The molecule has 10 heteroatoms. The molecule has 2 N–H and O–H groups in total. The van der Waals surface area contributed by atoms with Gasteiger partial charge < -0.3 is 19.9 Å². The van der Waals surface area contributed by atoms with Crippen molar-refractivity contribution >= 4 is 5.69 Å². The number of benzene rings is 2. The molecule has 32 heavy (non-hydrogen) atoms. The molecule has 0 aliphatic rings. The maximum atomic E-state index is 12.9. The van der Waals surface area contributed by atoms with E-state index in [1.807, 2.05) is 19.1 Å². The molecular weight excluding hydrogens is 425 g/mol. The monoisotopic (exact) mass is 450 g/mol. The van der Waals surface area contributed by atoms with Crippen LogP contribution >= 0.6 is 0 Å². The first kappa shape index (κ1) is 23.6. The molecule has 0 radical (unpaired) electrons. The van der Waals surface area contributed by atoms with Crippen molar-refractivity contribution in [3.63, 3.8) is 0 Å². The van der Waals surface area contributed by atoms with E-state index < -0.39 is 17.8 Å². The van der Waals surface area contributed by atoms with Crippen molar-refractivity contribution in [1.82, 2.24) is 14.8 Å². The van der Waals surface area contributed by atoms with E-state index in [9.17, 15) is 18.3 Å². The van der Waals surface area contributed by atoms with Crippen LogP contribution in [-0.2, 0) is 10.9 Å². The summed E-state index contributed by atoms with van der Waals surface area (Å²) < 4.78 is 51.1. The highest BCUT2D eigenvalue weighted by molar-refractivity contribution is 5.60. The SMILES string of the molecule is CCOCCOc1nc(-c2ccc(C(F)(F)F)cc2)n(-c2ccc(NC[C@@H](C)O)cc2)n1. The number of halogens is 3. The molecular formula is C22H25F3N4O3. The van der Waals surface area contributed by atoms with Crippen LogP contribution in [-0.4, -0.2) is 52.3 Å². The standard InChI is InChI=1S/C22H25F3N4O3/c1-3-31-12-13-32-21-27-20(16-4-6-17(7-5-16)22(23,24)25)29(28-21)19-10-8-18(9-11-19)26-14-15(2)30/h4-11,15,26,30H,3,12-14H2,1-2H3/t15-/m1/s1. The normalized spacial score (nSPS) is 12.6. The average molecular weight is 450 g/mol. The van der Waals surface area contributed by atoms with Gasteiger partial charge in [0.2, 0.25) is 0 Å². The summed E-state index contributed by atoms with van der Waals surface area (Å²) in [7, 11) is 0. The Morgan fingerprint density at radius 2 is 1.75 bits per heavy atom. The minimum atomic E-state index is -4.42. The van der Waals surface area contributed by atoms with Gasteiger partial charge >= 0.3 is 12.2 Å². The lowest BCUT2D eigenvalue weighted by Gasteiger charge is -2.11. The third-order valence-electron chi connectivity index (χ3n) is 4.43. The Bertz CT molecular complexity index is 987. The van der Waals surface area contributed by atoms with Crippen molar-refractivity contribution in [3.05, 3.63) is 54.1 Å². The molecule has 7 nitrogen and oxygen atoms in total. The van der Waals surface area contributed by atoms with Crippen LogP contribution in [0.2, 0.25) is 0 Å². The topological polar surface area (TPSA) is 81.4 Å². The number of hydrogen-bond donors (Lipinski definition) is 2. The predicted molar refractivity (Wildman–Crippen MR) is 114 cm³/mol. The van der Waals surface area contributed by atoms with Crippen molar-refractivity contribution in [3.8, 4) is 23.1 Å². The number of hydrogen-bond acceptors (Lipinski definition) is 6. The molecule has 0 saturated heterocycles. The van der Waals surface area contributed by atoms with E-state index >= 15 is 0 Å². The van der Waals surface area contributed by atoms with E-state index in [1.54, 1.807) is 19.1 Å². The molecule has 0 aliphatic heterocycles. The first-order valence-corrected chi connectivity index (χ1v) is 10.2. The molecule has 0 amide bonds. The van der Waals surface area contributed by atoms with Crippen molar-refractivity contribution < 1.29 is 27.8 Å². The Morgan fingerprint density at radius 1 is 1.06 bits per heavy atom. The molecule has 0 unspecified atom stereocenters. The van der Waals surface area contributed by atoms with Crippen molar-refractivity contribution in [2.24, 2.45) is 0 Å². The second-order valence-electron chi connectivity index (χ2n) is 7.03. The Kier molecular flexibility index (Phi) is 7.70. The highest BCUT2D eigenvalue weighted by Gasteiger charge is 2.30. The van der Waals surface area contributed by atoms with Crippen LogP contribution in [0, 0.1) is 0 Å². The summed E-state index contributed by atoms with van der Waals surface area (Å²) in [5.74, 6) is 0.342. The van der Waals surface area contributed by atoms with Gasteiger partial charge in [-0.2, -0.15) is 18.2 Å². The highest BCUT2D eigenvalue weighted by atomic mass is 19.4. The molecule has 0 bridgehead atoms. The average Bonchev–Trinajstić information content (AvgIpc) is 3.19. The minimum absolute atomic E-state index is 0.0934. The molecule has 0 saturated carbocycles. The number of rotatable bonds is 10. The molecule has 1 heterocycles. The first-order valence-electron chi connectivity index (χ1n) is 10.2. The summed E-state index contributed by atoms with van der Waals surface area (Å²) in [6, 6.07) is 12.0. The van der Waals surface area contributed by atoms with Gasteiger partial charge in [-0.3, -0.25) is 0 Å². The van der Waals surface area contributed by atoms with Crippen LogP contribution in [0.25, 0.3) is 17.1 Å². The Morgan fingerprint density at radius 3 is 2.34 bits per heavy atom. The van der Waals surface area contributed by atoms with Gasteiger partial charge in [-0.15, -0.1) is 5.10 Å². The Balaban J connectivity index is 1.90. The maximum absolute atomic E-state index is 12.9. The number of ether oxygens (including phenoxy) is 2. The summed E-state index contributed by atoms with van der Waals surface area (Å²) in [4.78, 5) is 4.37. The van der Waals surface area contributed by atoms with Crippen LogP contribution in [0.15, 0.2) is 48.5 Å². The van der Waals surface area contributed by atoms with E-state index in [2.05, 4.69) is 15.4 Å². The summed E-state index contributed by atoms with van der Waals surface area (Å²) in [5.41, 5.74) is 1.17. The molecule has 3 aromatic rings. The van der Waals surface area contributed by atoms with E-state index in [1.165, 1.54) is 16.8 Å². The number of nitrogens with one attached hydrogen (secondary N) is 1. The third kappa shape index (κ3) is 6.21. The summed E-state index contributed by atoms with van der Waals surface area (Å²) in [6.07, 6.45) is -4.91. The summed E-state index contributed by atoms with van der Waals surface area (Å²) >= 11 is 0. The van der Waals surface area contributed by atoms with Crippen LogP contribution in [0.1, 0.15) is 19.4 Å². The van der Waals surface area contributed by atoms with Crippen molar-refractivity contribution in [2.75, 3.05) is 31.7 Å². The predicted octanol–water partition coefficient (Wildman–Crippen LogP) is 4.16. The van der Waals surface area contributed by atoms with Gasteiger partial charge in [-0.25, -0.2) is 4.68 Å². The number of anilines is 1. The smallest absolute Gasteiger partial charge is 0.416 e. The number of aromatic nitrogens is 3. The molecule has 0 spiro atoms. The second-order valence-corrected chi connectivity index (χ2v) is 7.03. The zero-order chi connectivity index (χ0) is 23.1. The van der Waals surface area contributed by atoms with Crippen molar-refractivity contribution in [2.45, 2.75) is 26.1 Å². The van der Waals surface area contributed by atoms with Gasteiger partial charge in [0, 0.05) is 24.4 Å². The zero-order valence-corrected chi connectivity index (χ0v) is 17.8. The fourth-order valence-corrected chi connectivity index (χ4v) is 2.85. The largest absolute Gasteiger partial charge is 0.460 e. The van der Waals surface area contributed by atoms with E-state index in [0.29, 0.717) is 36.8 Å². The quantitative estimate of drug-likeness (QED) is 0.452. The molecule has 0 aliphatic carbocycles. The molecule has 1 atom stereocenters. The van der Waals surface area contributed by atoms with E-state index in [0.717, 1.165) is 17.8 Å². The lowest BCUT2D eigenvalue weighted by atomic mass is 10.1. The third-order valence-corrected chi connectivity index (χ3v) is 4.43. The fourth-order valence-electron chi connectivity index (χ4n) is 2.85. The molecule has 172 valence electrons. The Labute approximate surface area is 183 Å². The molecule has 2 aromatic carbocycles. The van der Waals surface area contributed by atoms with Crippen LogP contribution in [0.3, 0.4) is 0 Å². The molecule has 0 fully saturated rings. The van der Waals surface area contributed by atoms with Crippen LogP contribution in [0.5, 0.6) is 6.01 Å². The van der Waals surface area contributed by atoms with Crippen LogP contribution < -0.4 is 10.1 Å². The number of aliphatic hydroxyl groups is 1. The van der Waals surface area contributed by atoms with Crippen LogP contribution in [0.4, 0.5) is 18.9 Å². The van der Waals surface area contributed by atoms with Gasteiger partial charge in [0.05, 0.1) is 24.0 Å². The fraction of sp³-hybridized carbons (Fsp3) is 0.364. The van der Waals surface area contributed by atoms with Gasteiger partial charge in [-0.05, 0) is 50.2 Å². The number of aliphatic hydroxyl groups excluding tert-OH is 1. The minimum Gasteiger partial charge on any atom is -0.460 e. The van der Waals surface area contributed by atoms with E-state index in [-0.39, 0.29) is 12.6 Å². The van der Waals surface area contributed by atoms with Gasteiger partial charge in [0.1, 0.15) is 6.61 Å². The summed E-state index contributed by atoms with van der Waals surface area (Å²) in [5, 5.41) is 16.9. The van der Waals surface area contributed by atoms with Gasteiger partial charge in [0.25, 0.3) is 0 Å². The number of alkyl halides is 3. The zero-order valence-electron chi connectivity index (χ0n) is 17.8. The second kappa shape index (κ2) is 10.5. The first-order chi connectivity index (χ1) is 15.3. The van der Waals surface area contributed by atoms with Crippen molar-refractivity contribution in [1.29, 1.82) is 0 Å². The Hall–Kier alpha value is -3.11. The summed E-state index contributed by atoms with van der Waals surface area (Å²) in [6.45, 7) is 5.11. The highest BCUT2D eigenvalue weighted by Crippen LogP contribution is 2.31. The lowest BCUT2D eigenvalue weighted by molar-refractivity contribution is -0.137.